The van der Waals surface area contributed by atoms with Gasteiger partial charge in [0.25, 0.3) is 0 Å². The maximum absolute atomic E-state index is 12.0. The summed E-state index contributed by atoms with van der Waals surface area (Å²) in [7, 11) is 1.84. The summed E-state index contributed by atoms with van der Waals surface area (Å²) in [6.45, 7) is 2.07. The van der Waals surface area contributed by atoms with Crippen molar-refractivity contribution >= 4 is 11.6 Å². The van der Waals surface area contributed by atoms with E-state index in [1.54, 1.807) is 4.90 Å². The van der Waals surface area contributed by atoms with Crippen molar-refractivity contribution in [3.05, 3.63) is 18.5 Å². The molecule has 1 aliphatic rings. The van der Waals surface area contributed by atoms with Gasteiger partial charge >= 0.3 is 0 Å². The van der Waals surface area contributed by atoms with E-state index in [9.17, 15) is 4.79 Å². The van der Waals surface area contributed by atoms with E-state index in [0.717, 1.165) is 18.8 Å². The quantitative estimate of drug-likeness (QED) is 0.809. The predicted octanol–water partition coefficient (Wildman–Crippen LogP) is 1.37. The van der Waals surface area contributed by atoms with Crippen LogP contribution in [0.2, 0.25) is 0 Å². The van der Waals surface area contributed by atoms with Crippen molar-refractivity contribution in [1.29, 1.82) is 0 Å². The molecule has 1 fully saturated rings. The van der Waals surface area contributed by atoms with Crippen molar-refractivity contribution in [2.24, 2.45) is 5.92 Å². The van der Waals surface area contributed by atoms with Crippen LogP contribution < -0.4 is 10.2 Å². The molecule has 16 heavy (non-hydrogen) atoms. The molecule has 1 atom stereocenters. The van der Waals surface area contributed by atoms with Gasteiger partial charge in [-0.2, -0.15) is 0 Å². The van der Waals surface area contributed by atoms with Gasteiger partial charge in [0.1, 0.15) is 0 Å². The highest BCUT2D eigenvalue weighted by molar-refractivity contribution is 5.92. The molecule has 1 saturated heterocycles. The zero-order chi connectivity index (χ0) is 11.4. The van der Waals surface area contributed by atoms with Crippen LogP contribution in [0.1, 0.15) is 19.3 Å². The predicted molar refractivity (Wildman–Crippen MR) is 64.4 cm³/mol. The number of amides is 1. The second-order valence-electron chi connectivity index (χ2n) is 4.44. The van der Waals surface area contributed by atoms with Crippen LogP contribution in [0.25, 0.3) is 0 Å². The second kappa shape index (κ2) is 5.16. The molecule has 1 aromatic heterocycles. The monoisotopic (exact) mass is 221 g/mol. The third kappa shape index (κ3) is 2.64. The van der Waals surface area contributed by atoms with E-state index in [0.29, 0.717) is 12.3 Å². The average Bonchev–Trinajstić information content (AvgIpc) is 2.83. The topological polar surface area (TPSA) is 48.1 Å². The number of hydrogen-bond acceptors (Lipinski definition) is 2. The Labute approximate surface area is 96.0 Å². The minimum Gasteiger partial charge on any atom is -0.366 e. The van der Waals surface area contributed by atoms with E-state index in [2.05, 4.69) is 10.3 Å². The number of rotatable bonds is 3. The lowest BCUT2D eigenvalue weighted by atomic mass is 9.95. The van der Waals surface area contributed by atoms with Crippen molar-refractivity contribution in [3.8, 4) is 0 Å². The summed E-state index contributed by atoms with van der Waals surface area (Å²) >= 11 is 0. The minimum atomic E-state index is 0.202. The number of H-pyrrole nitrogens is 1. The standard InChI is InChI=1S/C12H19N3O/c1-15(11-4-6-14-9-11)12(16)7-10-3-2-5-13-8-10/h4,6,9-10,13-14H,2-3,5,7-8H2,1H3. The van der Waals surface area contributed by atoms with Crippen LogP contribution in [-0.4, -0.2) is 31.0 Å². The summed E-state index contributed by atoms with van der Waals surface area (Å²) in [5.41, 5.74) is 0.939. The smallest absolute Gasteiger partial charge is 0.227 e. The van der Waals surface area contributed by atoms with Gasteiger partial charge in [-0.1, -0.05) is 0 Å². The number of aromatic amines is 1. The fourth-order valence-corrected chi connectivity index (χ4v) is 2.15. The van der Waals surface area contributed by atoms with Crippen molar-refractivity contribution in [2.75, 3.05) is 25.0 Å². The normalized spacial score (nSPS) is 20.7. The van der Waals surface area contributed by atoms with Crippen LogP contribution in [0, 0.1) is 5.92 Å². The van der Waals surface area contributed by atoms with E-state index in [1.165, 1.54) is 12.8 Å². The number of anilines is 1. The van der Waals surface area contributed by atoms with E-state index >= 15 is 0 Å². The molecule has 2 heterocycles. The molecular formula is C12H19N3O. The Morgan fingerprint density at radius 1 is 1.62 bits per heavy atom. The molecule has 0 aliphatic carbocycles. The lowest BCUT2D eigenvalue weighted by molar-refractivity contribution is -0.119. The molecule has 1 amide bonds. The van der Waals surface area contributed by atoms with Gasteiger partial charge in [0, 0.05) is 25.9 Å². The first-order valence-corrected chi connectivity index (χ1v) is 5.87. The molecule has 2 rings (SSSR count). The molecule has 1 aromatic rings. The van der Waals surface area contributed by atoms with Gasteiger partial charge < -0.3 is 15.2 Å². The fourth-order valence-electron chi connectivity index (χ4n) is 2.15. The van der Waals surface area contributed by atoms with Crippen LogP contribution in [0.15, 0.2) is 18.5 Å². The first-order valence-electron chi connectivity index (χ1n) is 5.87. The van der Waals surface area contributed by atoms with Crippen LogP contribution in [-0.2, 0) is 4.79 Å². The molecule has 0 spiro atoms. The summed E-state index contributed by atoms with van der Waals surface area (Å²) in [5.74, 6) is 0.705. The maximum Gasteiger partial charge on any atom is 0.227 e. The van der Waals surface area contributed by atoms with E-state index in [-0.39, 0.29) is 5.91 Å². The van der Waals surface area contributed by atoms with Crippen molar-refractivity contribution in [3.63, 3.8) is 0 Å². The number of carbonyl (C=O) groups excluding carboxylic acids is 1. The van der Waals surface area contributed by atoms with Gasteiger partial charge in [0.05, 0.1) is 5.69 Å². The largest absolute Gasteiger partial charge is 0.366 e. The van der Waals surface area contributed by atoms with E-state index in [4.69, 9.17) is 0 Å². The number of piperidine rings is 1. The van der Waals surface area contributed by atoms with Gasteiger partial charge in [-0.15, -0.1) is 0 Å². The number of nitrogens with one attached hydrogen (secondary N) is 2. The lowest BCUT2D eigenvalue weighted by Crippen LogP contribution is -2.35. The number of carbonyl (C=O) groups is 1. The van der Waals surface area contributed by atoms with E-state index < -0.39 is 0 Å². The van der Waals surface area contributed by atoms with Gasteiger partial charge in [0.15, 0.2) is 0 Å². The zero-order valence-electron chi connectivity index (χ0n) is 9.70. The summed E-state index contributed by atoms with van der Waals surface area (Å²) in [6, 6.07) is 1.91. The van der Waals surface area contributed by atoms with Crippen LogP contribution >= 0.6 is 0 Å². The molecule has 4 nitrogen and oxygen atoms in total. The first kappa shape index (κ1) is 11.2. The molecule has 1 aliphatic heterocycles. The second-order valence-corrected chi connectivity index (χ2v) is 4.44. The number of aromatic nitrogens is 1. The van der Waals surface area contributed by atoms with Crippen molar-refractivity contribution < 1.29 is 4.79 Å². The minimum absolute atomic E-state index is 0.202. The number of hydrogen-bond donors (Lipinski definition) is 2. The van der Waals surface area contributed by atoms with Crippen LogP contribution in [0.5, 0.6) is 0 Å². The third-order valence-corrected chi connectivity index (χ3v) is 3.21. The van der Waals surface area contributed by atoms with Gasteiger partial charge in [-0.3, -0.25) is 4.79 Å². The molecule has 0 radical (unpaired) electrons. The lowest BCUT2D eigenvalue weighted by Gasteiger charge is -2.24. The molecule has 88 valence electrons. The molecule has 1 unspecified atom stereocenters. The first-order chi connectivity index (χ1) is 7.77. The van der Waals surface area contributed by atoms with Crippen molar-refractivity contribution in [1.82, 2.24) is 10.3 Å². The highest BCUT2D eigenvalue weighted by atomic mass is 16.2. The highest BCUT2D eigenvalue weighted by Gasteiger charge is 2.19. The Kier molecular flexibility index (Phi) is 3.62. The Hall–Kier alpha value is -1.29. The zero-order valence-corrected chi connectivity index (χ0v) is 9.70. The van der Waals surface area contributed by atoms with Gasteiger partial charge in [-0.05, 0) is 37.9 Å². The molecule has 0 saturated carbocycles. The van der Waals surface area contributed by atoms with Crippen LogP contribution in [0.3, 0.4) is 0 Å². The van der Waals surface area contributed by atoms with E-state index in [1.807, 2.05) is 25.5 Å². The van der Waals surface area contributed by atoms with Crippen LogP contribution in [0.4, 0.5) is 5.69 Å². The molecular weight excluding hydrogens is 202 g/mol. The molecule has 0 aromatic carbocycles. The van der Waals surface area contributed by atoms with Crippen molar-refractivity contribution in [2.45, 2.75) is 19.3 Å². The highest BCUT2D eigenvalue weighted by Crippen LogP contribution is 2.18. The molecule has 4 heteroatoms. The SMILES string of the molecule is CN(C(=O)CC1CCCNC1)c1cc[nH]c1. The van der Waals surface area contributed by atoms with Gasteiger partial charge in [0.2, 0.25) is 5.91 Å². The third-order valence-electron chi connectivity index (χ3n) is 3.21. The van der Waals surface area contributed by atoms with Gasteiger partial charge in [-0.25, -0.2) is 0 Å². The molecule has 0 bridgehead atoms. The Morgan fingerprint density at radius 3 is 3.12 bits per heavy atom. The summed E-state index contributed by atoms with van der Waals surface area (Å²) < 4.78 is 0. The Morgan fingerprint density at radius 2 is 2.50 bits per heavy atom. The number of nitrogens with zero attached hydrogens (tertiary/aromatic N) is 1. The fraction of sp³-hybridized carbons (Fsp3) is 0.583. The summed E-state index contributed by atoms with van der Waals surface area (Å²) in [5, 5.41) is 3.34. The Balaban J connectivity index is 1.87. The Bertz CT molecular complexity index is 328. The molecule has 2 N–H and O–H groups in total. The summed E-state index contributed by atoms with van der Waals surface area (Å²) in [4.78, 5) is 16.7. The average molecular weight is 221 g/mol. The maximum atomic E-state index is 12.0. The summed E-state index contributed by atoms with van der Waals surface area (Å²) in [6.07, 6.45) is 6.68.